The van der Waals surface area contributed by atoms with Gasteiger partial charge in [0.25, 0.3) is 0 Å². The van der Waals surface area contributed by atoms with Crippen LogP contribution in [0.25, 0.3) is 0 Å². The Morgan fingerprint density at radius 2 is 2.11 bits per heavy atom. The molecule has 1 amide bonds. The molecule has 2 unspecified atom stereocenters. The minimum absolute atomic E-state index is 0.0175. The lowest BCUT2D eigenvalue weighted by molar-refractivity contribution is -0.140. The normalized spacial score (nSPS) is 27.7. The second-order valence-corrected chi connectivity index (χ2v) is 6.99. The molecule has 1 aliphatic carbocycles. The molecule has 4 nitrogen and oxygen atoms in total. The summed E-state index contributed by atoms with van der Waals surface area (Å²) in [6.07, 6.45) is 5.12. The first-order valence-electron chi connectivity index (χ1n) is 7.64. The Kier molecular flexibility index (Phi) is 4.51. The molecule has 1 heterocycles. The van der Waals surface area contributed by atoms with E-state index in [2.05, 4.69) is 19.2 Å². The molecule has 0 bridgehead atoms. The number of hydrogen-bond donors (Lipinski definition) is 2. The molecule has 19 heavy (non-hydrogen) atoms. The van der Waals surface area contributed by atoms with Crippen molar-refractivity contribution in [1.82, 2.24) is 10.2 Å². The zero-order chi connectivity index (χ0) is 14.0. The van der Waals surface area contributed by atoms with Crippen LogP contribution < -0.4 is 5.32 Å². The van der Waals surface area contributed by atoms with Crippen LogP contribution in [0.15, 0.2) is 0 Å². The van der Waals surface area contributed by atoms with E-state index < -0.39 is 5.60 Å². The Labute approximate surface area is 116 Å². The van der Waals surface area contributed by atoms with E-state index in [0.29, 0.717) is 18.5 Å². The fourth-order valence-corrected chi connectivity index (χ4v) is 3.14. The molecule has 1 aliphatic heterocycles. The van der Waals surface area contributed by atoms with E-state index in [9.17, 15) is 9.90 Å². The summed E-state index contributed by atoms with van der Waals surface area (Å²) < 4.78 is 0. The van der Waals surface area contributed by atoms with Crippen LogP contribution in [0.1, 0.15) is 52.9 Å². The number of amides is 1. The summed E-state index contributed by atoms with van der Waals surface area (Å²) >= 11 is 0. The van der Waals surface area contributed by atoms with E-state index in [1.54, 1.807) is 0 Å². The molecule has 2 fully saturated rings. The van der Waals surface area contributed by atoms with Crippen molar-refractivity contribution < 1.29 is 9.90 Å². The number of rotatable bonds is 6. The lowest BCUT2D eigenvalue weighted by atomic mass is 9.92. The molecule has 0 aromatic carbocycles. The topological polar surface area (TPSA) is 52.6 Å². The van der Waals surface area contributed by atoms with Crippen molar-refractivity contribution in [2.24, 2.45) is 5.92 Å². The Morgan fingerprint density at radius 1 is 1.42 bits per heavy atom. The molecule has 0 radical (unpaired) electrons. The number of aliphatic hydroxyl groups is 1. The summed E-state index contributed by atoms with van der Waals surface area (Å²) in [6, 6.07) is 0.543. The number of nitrogens with one attached hydrogen (secondary N) is 1. The summed E-state index contributed by atoms with van der Waals surface area (Å²) in [5.41, 5.74) is -0.773. The van der Waals surface area contributed by atoms with Gasteiger partial charge >= 0.3 is 0 Å². The zero-order valence-electron chi connectivity index (χ0n) is 12.5. The number of carbonyl (C=O) groups excluding carboxylic acids is 1. The van der Waals surface area contributed by atoms with Crippen LogP contribution >= 0.6 is 0 Å². The zero-order valence-corrected chi connectivity index (χ0v) is 12.5. The van der Waals surface area contributed by atoms with Crippen molar-refractivity contribution in [3.05, 3.63) is 0 Å². The molecule has 2 N–H and O–H groups in total. The van der Waals surface area contributed by atoms with Crippen LogP contribution in [0.4, 0.5) is 0 Å². The van der Waals surface area contributed by atoms with Crippen molar-refractivity contribution in [3.8, 4) is 0 Å². The van der Waals surface area contributed by atoms with E-state index in [1.807, 2.05) is 11.8 Å². The van der Waals surface area contributed by atoms with Gasteiger partial charge in [0.15, 0.2) is 0 Å². The van der Waals surface area contributed by atoms with Crippen LogP contribution in [0, 0.1) is 5.92 Å². The minimum atomic E-state index is -0.773. The quantitative estimate of drug-likeness (QED) is 0.768. The van der Waals surface area contributed by atoms with Crippen LogP contribution in [-0.4, -0.2) is 46.7 Å². The highest BCUT2D eigenvalue weighted by atomic mass is 16.3. The molecule has 1 saturated heterocycles. The number of hydrogen-bond acceptors (Lipinski definition) is 3. The molecule has 1 saturated carbocycles. The second kappa shape index (κ2) is 5.80. The largest absolute Gasteiger partial charge is 0.388 e. The summed E-state index contributed by atoms with van der Waals surface area (Å²) in [7, 11) is 0. The minimum Gasteiger partial charge on any atom is -0.388 e. The Morgan fingerprint density at radius 3 is 2.68 bits per heavy atom. The highest BCUT2D eigenvalue weighted by Gasteiger charge is 2.36. The third-order valence-electron chi connectivity index (χ3n) is 3.92. The fourth-order valence-electron chi connectivity index (χ4n) is 3.14. The predicted octanol–water partition coefficient (Wildman–Crippen LogP) is 1.53. The SMILES string of the molecule is CC(C)CC(C)(O)CN1CCCC(NC2CC2)C1=O. The molecular weight excluding hydrogens is 240 g/mol. The lowest BCUT2D eigenvalue weighted by Gasteiger charge is -2.38. The maximum absolute atomic E-state index is 12.4. The first kappa shape index (κ1) is 14.8. The maximum atomic E-state index is 12.4. The summed E-state index contributed by atoms with van der Waals surface area (Å²) in [6.45, 7) is 7.30. The average Bonchev–Trinajstić information content (AvgIpc) is 3.05. The van der Waals surface area contributed by atoms with Crippen LogP contribution in [0.5, 0.6) is 0 Å². The Balaban J connectivity index is 1.89. The van der Waals surface area contributed by atoms with Crippen molar-refractivity contribution in [2.75, 3.05) is 13.1 Å². The molecule has 2 aliphatic rings. The van der Waals surface area contributed by atoms with E-state index in [-0.39, 0.29) is 11.9 Å². The van der Waals surface area contributed by atoms with E-state index in [0.717, 1.165) is 25.8 Å². The van der Waals surface area contributed by atoms with E-state index >= 15 is 0 Å². The van der Waals surface area contributed by atoms with Gasteiger partial charge in [-0.2, -0.15) is 0 Å². The first-order valence-corrected chi connectivity index (χ1v) is 7.64. The lowest BCUT2D eigenvalue weighted by Crippen LogP contribution is -2.55. The molecule has 2 atom stereocenters. The maximum Gasteiger partial charge on any atom is 0.239 e. The molecule has 4 heteroatoms. The summed E-state index contributed by atoms with van der Waals surface area (Å²) in [5, 5.41) is 13.8. The first-order chi connectivity index (χ1) is 8.87. The second-order valence-electron chi connectivity index (χ2n) is 6.99. The third-order valence-corrected chi connectivity index (χ3v) is 3.92. The van der Waals surface area contributed by atoms with Gasteiger partial charge in [-0.1, -0.05) is 13.8 Å². The molecule has 0 aromatic heterocycles. The van der Waals surface area contributed by atoms with Gasteiger partial charge in [-0.05, 0) is 44.9 Å². The van der Waals surface area contributed by atoms with Gasteiger partial charge in [-0.15, -0.1) is 0 Å². The van der Waals surface area contributed by atoms with Crippen molar-refractivity contribution in [3.63, 3.8) is 0 Å². The number of β-amino-alcohol motifs (C(OH)–C–C–N with tert-alkyl or cyclic N) is 1. The Bertz CT molecular complexity index is 324. The smallest absolute Gasteiger partial charge is 0.239 e. The predicted molar refractivity (Wildman–Crippen MR) is 75.8 cm³/mol. The number of nitrogens with zero attached hydrogens (tertiary/aromatic N) is 1. The number of piperidine rings is 1. The third kappa shape index (κ3) is 4.46. The van der Waals surface area contributed by atoms with Crippen LogP contribution in [0.3, 0.4) is 0 Å². The van der Waals surface area contributed by atoms with Crippen molar-refractivity contribution in [1.29, 1.82) is 0 Å². The summed E-state index contributed by atoms with van der Waals surface area (Å²) in [5.74, 6) is 0.623. The van der Waals surface area contributed by atoms with Gasteiger partial charge in [-0.25, -0.2) is 0 Å². The number of likely N-dealkylation sites (tertiary alicyclic amines) is 1. The highest BCUT2D eigenvalue weighted by Crippen LogP contribution is 2.24. The van der Waals surface area contributed by atoms with Crippen molar-refractivity contribution >= 4 is 5.91 Å². The van der Waals surface area contributed by atoms with Gasteiger partial charge in [-0.3, -0.25) is 4.79 Å². The van der Waals surface area contributed by atoms with Crippen molar-refractivity contribution in [2.45, 2.75) is 70.6 Å². The standard InChI is InChI=1S/C15H28N2O2/c1-11(2)9-15(3,19)10-17-8-4-5-13(14(17)18)16-12-6-7-12/h11-13,16,19H,4-10H2,1-3H3. The molecule has 0 spiro atoms. The van der Waals surface area contributed by atoms with Gasteiger partial charge < -0.3 is 15.3 Å². The molecule has 2 rings (SSSR count). The molecule has 0 aromatic rings. The number of carbonyl (C=O) groups is 1. The van der Waals surface area contributed by atoms with Gasteiger partial charge in [0.1, 0.15) is 0 Å². The van der Waals surface area contributed by atoms with Crippen LogP contribution in [-0.2, 0) is 4.79 Å². The van der Waals surface area contributed by atoms with Crippen LogP contribution in [0.2, 0.25) is 0 Å². The summed E-state index contributed by atoms with van der Waals surface area (Å²) in [4.78, 5) is 14.3. The van der Waals surface area contributed by atoms with E-state index in [4.69, 9.17) is 0 Å². The molecular formula is C15H28N2O2. The van der Waals surface area contributed by atoms with Gasteiger partial charge in [0.2, 0.25) is 5.91 Å². The van der Waals surface area contributed by atoms with Gasteiger partial charge in [0.05, 0.1) is 11.6 Å². The average molecular weight is 268 g/mol. The molecule has 110 valence electrons. The fraction of sp³-hybridized carbons (Fsp3) is 0.933. The highest BCUT2D eigenvalue weighted by molar-refractivity contribution is 5.82. The van der Waals surface area contributed by atoms with Gasteiger partial charge in [0, 0.05) is 19.1 Å². The monoisotopic (exact) mass is 268 g/mol. The van der Waals surface area contributed by atoms with E-state index in [1.165, 1.54) is 12.8 Å². The Hall–Kier alpha value is -0.610.